The van der Waals surface area contributed by atoms with Crippen LogP contribution in [0.3, 0.4) is 0 Å². The number of hydrogen-bond acceptors (Lipinski definition) is 5. The van der Waals surface area contributed by atoms with E-state index in [9.17, 15) is 0 Å². The van der Waals surface area contributed by atoms with Crippen molar-refractivity contribution in [3.05, 3.63) is 17.5 Å². The Balaban J connectivity index is 1.76. The number of nitrogens with one attached hydrogen (secondary N) is 1. The summed E-state index contributed by atoms with van der Waals surface area (Å²) in [5.41, 5.74) is 1.28. The molecule has 1 aromatic rings. The van der Waals surface area contributed by atoms with E-state index in [1.54, 1.807) is 0 Å². The molecular formula is C16H30N4O. The first-order valence-corrected chi connectivity index (χ1v) is 8.11. The Bertz CT molecular complexity index is 416. The molecule has 1 aliphatic heterocycles. The van der Waals surface area contributed by atoms with Crippen molar-refractivity contribution >= 4 is 0 Å². The van der Waals surface area contributed by atoms with Gasteiger partial charge in [0.1, 0.15) is 0 Å². The third-order valence-electron chi connectivity index (χ3n) is 4.04. The Kier molecular flexibility index (Phi) is 5.79. The molecule has 0 amide bonds. The Morgan fingerprint density at radius 2 is 1.95 bits per heavy atom. The van der Waals surface area contributed by atoms with Gasteiger partial charge in [0, 0.05) is 44.3 Å². The van der Waals surface area contributed by atoms with Gasteiger partial charge in [-0.3, -0.25) is 9.80 Å². The van der Waals surface area contributed by atoms with Gasteiger partial charge < -0.3 is 9.84 Å². The molecule has 0 spiro atoms. The van der Waals surface area contributed by atoms with Crippen molar-refractivity contribution < 1.29 is 4.52 Å². The molecule has 2 heterocycles. The molecule has 0 atom stereocenters. The van der Waals surface area contributed by atoms with Gasteiger partial charge in [-0.05, 0) is 33.7 Å². The van der Waals surface area contributed by atoms with E-state index in [1.165, 1.54) is 0 Å². The molecular weight excluding hydrogens is 264 g/mol. The van der Waals surface area contributed by atoms with Crippen LogP contribution in [-0.4, -0.2) is 53.2 Å². The average Bonchev–Trinajstić information content (AvgIpc) is 2.86. The van der Waals surface area contributed by atoms with Crippen LogP contribution < -0.4 is 5.32 Å². The maximum atomic E-state index is 5.45. The fourth-order valence-corrected chi connectivity index (χ4v) is 2.70. The highest BCUT2D eigenvalue weighted by molar-refractivity contribution is 5.05. The molecule has 21 heavy (non-hydrogen) atoms. The van der Waals surface area contributed by atoms with Crippen molar-refractivity contribution in [2.75, 3.05) is 32.7 Å². The van der Waals surface area contributed by atoms with E-state index < -0.39 is 0 Å². The molecule has 1 N–H and O–H groups in total. The average molecular weight is 294 g/mol. The van der Waals surface area contributed by atoms with Gasteiger partial charge in [0.05, 0.1) is 12.2 Å². The van der Waals surface area contributed by atoms with Crippen molar-refractivity contribution in [3.63, 3.8) is 0 Å². The fourth-order valence-electron chi connectivity index (χ4n) is 2.70. The van der Waals surface area contributed by atoms with Crippen LogP contribution in [0, 0.1) is 0 Å². The molecule has 0 saturated carbocycles. The van der Waals surface area contributed by atoms with Gasteiger partial charge in [0.15, 0.2) is 5.76 Å². The molecule has 0 bridgehead atoms. The second-order valence-electron chi connectivity index (χ2n) is 6.90. The zero-order valence-electron chi connectivity index (χ0n) is 14.0. The first kappa shape index (κ1) is 16.5. The van der Waals surface area contributed by atoms with Crippen LogP contribution in [0.5, 0.6) is 0 Å². The summed E-state index contributed by atoms with van der Waals surface area (Å²) in [4.78, 5) is 5.00. The molecule has 1 saturated heterocycles. The van der Waals surface area contributed by atoms with Gasteiger partial charge in [-0.15, -0.1) is 0 Å². The molecule has 2 rings (SSSR count). The summed E-state index contributed by atoms with van der Waals surface area (Å²) in [7, 11) is 0. The minimum Gasteiger partial charge on any atom is -0.360 e. The van der Waals surface area contributed by atoms with E-state index in [0.29, 0.717) is 0 Å². The minimum atomic E-state index is 0.274. The largest absolute Gasteiger partial charge is 0.360 e. The molecule has 0 radical (unpaired) electrons. The lowest BCUT2D eigenvalue weighted by molar-refractivity contribution is 0.0553. The quantitative estimate of drug-likeness (QED) is 0.814. The lowest BCUT2D eigenvalue weighted by Crippen LogP contribution is -2.53. The second-order valence-corrected chi connectivity index (χ2v) is 6.90. The Hall–Kier alpha value is -0.910. The summed E-state index contributed by atoms with van der Waals surface area (Å²) in [5.74, 6) is 0.979. The first-order valence-electron chi connectivity index (χ1n) is 8.11. The summed E-state index contributed by atoms with van der Waals surface area (Å²) in [5, 5.41) is 7.48. The lowest BCUT2D eigenvalue weighted by atomic mass is 10.0. The van der Waals surface area contributed by atoms with E-state index in [-0.39, 0.29) is 5.54 Å². The number of piperazine rings is 1. The summed E-state index contributed by atoms with van der Waals surface area (Å²) < 4.78 is 5.45. The Morgan fingerprint density at radius 3 is 2.57 bits per heavy atom. The van der Waals surface area contributed by atoms with E-state index in [4.69, 9.17) is 4.52 Å². The number of aromatic nitrogens is 1. The molecule has 0 unspecified atom stereocenters. The summed E-state index contributed by atoms with van der Waals surface area (Å²) in [6, 6.07) is 2.08. The van der Waals surface area contributed by atoms with Crippen molar-refractivity contribution in [2.24, 2.45) is 0 Å². The number of rotatable bonds is 6. The Labute approximate surface area is 128 Å². The van der Waals surface area contributed by atoms with E-state index in [0.717, 1.165) is 63.7 Å². The number of hydrogen-bond donors (Lipinski definition) is 1. The standard InChI is InChI=1S/C16H30N4O/c1-5-6-17-12-14-11-15(21-18-14)13-19-7-9-20(10-8-19)16(2,3)4/h11,17H,5-10,12-13H2,1-4H3. The van der Waals surface area contributed by atoms with Crippen LogP contribution in [0.25, 0.3) is 0 Å². The van der Waals surface area contributed by atoms with Crippen molar-refractivity contribution in [2.45, 2.75) is 52.7 Å². The normalized spacial score (nSPS) is 18.3. The molecule has 0 aromatic carbocycles. The van der Waals surface area contributed by atoms with Crippen LogP contribution in [0.2, 0.25) is 0 Å². The van der Waals surface area contributed by atoms with Gasteiger partial charge in [-0.1, -0.05) is 12.1 Å². The van der Waals surface area contributed by atoms with Crippen molar-refractivity contribution in [1.82, 2.24) is 20.3 Å². The van der Waals surface area contributed by atoms with Crippen molar-refractivity contribution in [1.29, 1.82) is 0 Å². The first-order chi connectivity index (χ1) is 9.99. The number of nitrogens with zero attached hydrogens (tertiary/aromatic N) is 3. The fraction of sp³-hybridized carbons (Fsp3) is 0.812. The molecule has 5 heteroatoms. The molecule has 5 nitrogen and oxygen atoms in total. The van der Waals surface area contributed by atoms with Crippen LogP contribution >= 0.6 is 0 Å². The van der Waals surface area contributed by atoms with E-state index >= 15 is 0 Å². The highest BCUT2D eigenvalue weighted by Gasteiger charge is 2.26. The van der Waals surface area contributed by atoms with Crippen LogP contribution in [-0.2, 0) is 13.1 Å². The molecule has 0 aliphatic carbocycles. The molecule has 120 valence electrons. The predicted molar refractivity (Wildman–Crippen MR) is 85.1 cm³/mol. The van der Waals surface area contributed by atoms with Gasteiger partial charge in [0.25, 0.3) is 0 Å². The summed E-state index contributed by atoms with van der Waals surface area (Å²) in [6.07, 6.45) is 1.14. The molecule has 1 fully saturated rings. The lowest BCUT2D eigenvalue weighted by Gasteiger charge is -2.42. The van der Waals surface area contributed by atoms with Gasteiger partial charge in [-0.25, -0.2) is 0 Å². The summed E-state index contributed by atoms with van der Waals surface area (Å²) >= 11 is 0. The SMILES string of the molecule is CCCNCc1cc(CN2CCN(C(C)(C)C)CC2)on1. The minimum absolute atomic E-state index is 0.274. The molecule has 1 aliphatic rings. The predicted octanol–water partition coefficient (Wildman–Crippen LogP) is 2.09. The summed E-state index contributed by atoms with van der Waals surface area (Å²) in [6.45, 7) is 16.2. The van der Waals surface area contributed by atoms with Gasteiger partial charge in [-0.2, -0.15) is 0 Å². The topological polar surface area (TPSA) is 44.5 Å². The zero-order valence-corrected chi connectivity index (χ0v) is 14.0. The van der Waals surface area contributed by atoms with Crippen molar-refractivity contribution in [3.8, 4) is 0 Å². The van der Waals surface area contributed by atoms with Crippen LogP contribution in [0.4, 0.5) is 0 Å². The van der Waals surface area contributed by atoms with Crippen LogP contribution in [0.15, 0.2) is 10.6 Å². The highest BCUT2D eigenvalue weighted by atomic mass is 16.5. The second kappa shape index (κ2) is 7.38. The smallest absolute Gasteiger partial charge is 0.151 e. The third-order valence-corrected chi connectivity index (χ3v) is 4.04. The third kappa shape index (κ3) is 5.09. The molecule has 1 aromatic heterocycles. The zero-order chi connectivity index (χ0) is 15.3. The van der Waals surface area contributed by atoms with E-state index in [2.05, 4.69) is 54.0 Å². The maximum absolute atomic E-state index is 5.45. The van der Waals surface area contributed by atoms with E-state index in [1.807, 2.05) is 0 Å². The maximum Gasteiger partial charge on any atom is 0.151 e. The van der Waals surface area contributed by atoms with Crippen LogP contribution in [0.1, 0.15) is 45.6 Å². The monoisotopic (exact) mass is 294 g/mol. The Morgan fingerprint density at radius 1 is 1.24 bits per heavy atom. The van der Waals surface area contributed by atoms with Gasteiger partial charge in [0.2, 0.25) is 0 Å². The highest BCUT2D eigenvalue weighted by Crippen LogP contribution is 2.17. The van der Waals surface area contributed by atoms with Gasteiger partial charge >= 0.3 is 0 Å².